The molecule has 0 saturated heterocycles. The third-order valence-corrected chi connectivity index (χ3v) is 6.78. The summed E-state index contributed by atoms with van der Waals surface area (Å²) < 4.78 is 27.6. The lowest BCUT2D eigenvalue weighted by Crippen LogP contribution is -2.31. The van der Waals surface area contributed by atoms with Crippen molar-refractivity contribution in [1.82, 2.24) is 4.72 Å². The van der Waals surface area contributed by atoms with Crippen LogP contribution in [-0.2, 0) is 10.0 Å². The minimum Gasteiger partial charge on any atom is -0.210 e. The van der Waals surface area contributed by atoms with Crippen LogP contribution in [0.15, 0.2) is 33.6 Å². The Bertz CT molecular complexity index is 512. The van der Waals surface area contributed by atoms with E-state index in [1.165, 1.54) is 0 Å². The van der Waals surface area contributed by atoms with Gasteiger partial charge in [-0.15, -0.1) is 0 Å². The Morgan fingerprint density at radius 3 is 2.59 bits per heavy atom. The Morgan fingerprint density at radius 1 is 1.41 bits per heavy atom. The molecule has 0 radical (unpaired) electrons. The minimum absolute atomic E-state index is 0.133. The Balaban J connectivity index is 2.12. The molecule has 1 saturated carbocycles. The van der Waals surface area contributed by atoms with Gasteiger partial charge in [-0.1, -0.05) is 12.1 Å². The highest BCUT2D eigenvalue weighted by Crippen LogP contribution is 2.46. The Kier molecular flexibility index (Phi) is 3.87. The lowest BCUT2D eigenvalue weighted by molar-refractivity contribution is 0.579. The molecule has 94 valence electrons. The highest BCUT2D eigenvalue weighted by molar-refractivity contribution is 9.10. The van der Waals surface area contributed by atoms with Gasteiger partial charge in [-0.25, -0.2) is 13.1 Å². The van der Waals surface area contributed by atoms with E-state index >= 15 is 0 Å². The molecule has 1 aromatic carbocycles. The van der Waals surface area contributed by atoms with Crippen LogP contribution >= 0.6 is 27.7 Å². The molecular weight excluding hydrogens is 322 g/mol. The van der Waals surface area contributed by atoms with Crippen LogP contribution in [0, 0.1) is 0 Å². The zero-order chi connectivity index (χ0) is 12.5. The molecule has 0 atom stereocenters. The van der Waals surface area contributed by atoms with E-state index in [1.807, 2.05) is 6.26 Å². The first-order valence-corrected chi connectivity index (χ1v) is 8.79. The van der Waals surface area contributed by atoms with Gasteiger partial charge in [-0.3, -0.25) is 0 Å². The second kappa shape index (κ2) is 4.91. The molecule has 0 heterocycles. The zero-order valence-corrected chi connectivity index (χ0v) is 12.7. The zero-order valence-electron chi connectivity index (χ0n) is 9.44. The molecule has 1 aliphatic rings. The van der Waals surface area contributed by atoms with Gasteiger partial charge in [0.2, 0.25) is 10.0 Å². The number of thioether (sulfide) groups is 1. The van der Waals surface area contributed by atoms with Crippen LogP contribution in [0.4, 0.5) is 0 Å². The molecule has 0 aliphatic heterocycles. The van der Waals surface area contributed by atoms with Crippen molar-refractivity contribution in [2.45, 2.75) is 22.5 Å². The van der Waals surface area contributed by atoms with E-state index in [9.17, 15) is 8.42 Å². The molecule has 0 bridgehead atoms. The van der Waals surface area contributed by atoms with Gasteiger partial charge in [-0.05, 0) is 47.2 Å². The average Bonchev–Trinajstić information content (AvgIpc) is 3.08. The Morgan fingerprint density at radius 2 is 2.06 bits per heavy atom. The number of rotatable bonds is 5. The molecule has 0 aromatic heterocycles. The van der Waals surface area contributed by atoms with E-state index in [-0.39, 0.29) is 4.75 Å². The van der Waals surface area contributed by atoms with E-state index in [1.54, 1.807) is 36.0 Å². The second-order valence-corrected chi connectivity index (χ2v) is 8.01. The molecule has 0 amide bonds. The minimum atomic E-state index is -3.40. The quantitative estimate of drug-likeness (QED) is 0.899. The first kappa shape index (κ1) is 13.4. The van der Waals surface area contributed by atoms with E-state index in [0.29, 0.717) is 15.9 Å². The van der Waals surface area contributed by atoms with Gasteiger partial charge >= 0.3 is 0 Å². The van der Waals surface area contributed by atoms with E-state index in [0.717, 1.165) is 12.8 Å². The number of hydrogen-bond acceptors (Lipinski definition) is 3. The van der Waals surface area contributed by atoms with E-state index < -0.39 is 10.0 Å². The number of hydrogen-bond donors (Lipinski definition) is 1. The van der Waals surface area contributed by atoms with Crippen LogP contribution < -0.4 is 4.72 Å². The number of sulfonamides is 1. The molecule has 0 unspecified atom stereocenters. The SMILES string of the molecule is CSC1(CNS(=O)(=O)c2ccccc2Br)CC1. The summed E-state index contributed by atoms with van der Waals surface area (Å²) in [5.74, 6) is 0. The topological polar surface area (TPSA) is 46.2 Å². The second-order valence-electron chi connectivity index (χ2n) is 4.14. The summed E-state index contributed by atoms with van der Waals surface area (Å²) in [6, 6.07) is 6.86. The van der Waals surface area contributed by atoms with Gasteiger partial charge in [0, 0.05) is 15.8 Å². The summed E-state index contributed by atoms with van der Waals surface area (Å²) in [4.78, 5) is 0.303. The molecule has 1 fully saturated rings. The highest BCUT2D eigenvalue weighted by atomic mass is 79.9. The van der Waals surface area contributed by atoms with E-state index in [4.69, 9.17) is 0 Å². The summed E-state index contributed by atoms with van der Waals surface area (Å²) in [5.41, 5.74) is 0. The van der Waals surface area contributed by atoms with Crippen molar-refractivity contribution in [1.29, 1.82) is 0 Å². The Hall–Kier alpha value is -0.0400. The van der Waals surface area contributed by atoms with Crippen molar-refractivity contribution in [3.8, 4) is 0 Å². The van der Waals surface area contributed by atoms with Crippen molar-refractivity contribution in [3.05, 3.63) is 28.7 Å². The van der Waals surface area contributed by atoms with Crippen LogP contribution in [0.1, 0.15) is 12.8 Å². The molecule has 17 heavy (non-hydrogen) atoms. The standard InChI is InChI=1S/C11H14BrNO2S2/c1-16-11(6-7-11)8-13-17(14,15)10-5-3-2-4-9(10)12/h2-5,13H,6-8H2,1H3. The molecule has 1 aromatic rings. The summed E-state index contributed by atoms with van der Waals surface area (Å²) in [7, 11) is -3.40. The van der Waals surface area contributed by atoms with Gasteiger partial charge < -0.3 is 0 Å². The van der Waals surface area contributed by atoms with Crippen molar-refractivity contribution >= 4 is 37.7 Å². The first-order valence-electron chi connectivity index (χ1n) is 5.28. The van der Waals surface area contributed by atoms with Gasteiger partial charge in [-0.2, -0.15) is 11.8 Å². The summed E-state index contributed by atoms with van der Waals surface area (Å²) in [6.07, 6.45) is 4.21. The number of benzene rings is 1. The van der Waals surface area contributed by atoms with Crippen LogP contribution in [0.3, 0.4) is 0 Å². The lowest BCUT2D eigenvalue weighted by atomic mass is 10.4. The molecule has 2 rings (SSSR count). The van der Waals surface area contributed by atoms with Crippen LogP contribution in [0.5, 0.6) is 0 Å². The van der Waals surface area contributed by atoms with Gasteiger partial charge in [0.25, 0.3) is 0 Å². The molecule has 1 N–H and O–H groups in total. The van der Waals surface area contributed by atoms with E-state index in [2.05, 4.69) is 20.7 Å². The maximum absolute atomic E-state index is 12.1. The average molecular weight is 336 g/mol. The maximum atomic E-state index is 12.1. The van der Waals surface area contributed by atoms with Crippen molar-refractivity contribution < 1.29 is 8.42 Å². The fourth-order valence-electron chi connectivity index (χ4n) is 1.56. The van der Waals surface area contributed by atoms with Gasteiger partial charge in [0.05, 0.1) is 4.90 Å². The fraction of sp³-hybridized carbons (Fsp3) is 0.455. The summed E-state index contributed by atoms with van der Waals surface area (Å²) in [6.45, 7) is 0.512. The molecule has 6 heteroatoms. The predicted octanol–water partition coefficient (Wildman–Crippen LogP) is 2.62. The fourth-order valence-corrected chi connectivity index (χ4v) is 4.51. The summed E-state index contributed by atoms with van der Waals surface area (Å²) in [5, 5.41) is 0. The summed E-state index contributed by atoms with van der Waals surface area (Å²) >= 11 is 5.00. The number of halogens is 1. The number of nitrogens with one attached hydrogen (secondary N) is 1. The van der Waals surface area contributed by atoms with Crippen LogP contribution in [-0.4, -0.2) is 26.0 Å². The largest absolute Gasteiger partial charge is 0.241 e. The Labute approximate surface area is 115 Å². The van der Waals surface area contributed by atoms with Crippen LogP contribution in [0.25, 0.3) is 0 Å². The highest BCUT2D eigenvalue weighted by Gasteiger charge is 2.42. The van der Waals surface area contributed by atoms with Crippen LogP contribution in [0.2, 0.25) is 0 Å². The third-order valence-electron chi connectivity index (χ3n) is 2.95. The smallest absolute Gasteiger partial charge is 0.210 e. The van der Waals surface area contributed by atoms with Crippen molar-refractivity contribution in [2.24, 2.45) is 0 Å². The molecule has 1 aliphatic carbocycles. The first-order chi connectivity index (χ1) is 7.99. The normalized spacial score (nSPS) is 18.0. The third kappa shape index (κ3) is 3.05. The molecule has 3 nitrogen and oxygen atoms in total. The van der Waals surface area contributed by atoms with Crippen molar-refractivity contribution in [2.75, 3.05) is 12.8 Å². The lowest BCUT2D eigenvalue weighted by Gasteiger charge is -2.14. The molecular formula is C11H14BrNO2S2. The van der Waals surface area contributed by atoms with Gasteiger partial charge in [0.15, 0.2) is 0 Å². The molecule has 0 spiro atoms. The monoisotopic (exact) mass is 335 g/mol. The van der Waals surface area contributed by atoms with Gasteiger partial charge in [0.1, 0.15) is 0 Å². The predicted molar refractivity (Wildman–Crippen MR) is 74.8 cm³/mol. The maximum Gasteiger partial charge on any atom is 0.241 e. The van der Waals surface area contributed by atoms with Crippen molar-refractivity contribution in [3.63, 3.8) is 0 Å².